The number of hydrogen-bond donors (Lipinski definition) is 2. The first-order valence-electron chi connectivity index (χ1n) is 5.66. The van der Waals surface area contributed by atoms with E-state index in [1.807, 2.05) is 0 Å². The molecule has 0 aliphatic carbocycles. The Morgan fingerprint density at radius 1 is 1.53 bits per heavy atom. The highest BCUT2D eigenvalue weighted by molar-refractivity contribution is 5.87. The molecule has 0 saturated heterocycles. The number of nitrogen functional groups attached to an aromatic ring is 1. The lowest BCUT2D eigenvalue weighted by Gasteiger charge is -2.14. The van der Waals surface area contributed by atoms with Crippen LogP contribution in [-0.2, 0) is 9.53 Å². The Morgan fingerprint density at radius 2 is 2.16 bits per heavy atom. The summed E-state index contributed by atoms with van der Waals surface area (Å²) in [6.45, 7) is 3.69. The van der Waals surface area contributed by atoms with Gasteiger partial charge in [-0.15, -0.1) is 0 Å². The molecule has 0 amide bonds. The van der Waals surface area contributed by atoms with Gasteiger partial charge in [-0.3, -0.25) is 0 Å². The van der Waals surface area contributed by atoms with Crippen molar-refractivity contribution in [2.24, 2.45) is 0 Å². The van der Waals surface area contributed by atoms with Crippen molar-refractivity contribution in [1.82, 2.24) is 0 Å². The lowest BCUT2D eigenvalue weighted by molar-refractivity contribution is -0.136. The molecule has 1 unspecified atom stereocenters. The summed E-state index contributed by atoms with van der Waals surface area (Å²) in [5, 5.41) is 10.1. The zero-order valence-electron chi connectivity index (χ0n) is 10.5. The van der Waals surface area contributed by atoms with E-state index < -0.39 is 12.1 Å². The molecule has 3 N–H and O–H groups in total. The number of methoxy groups -OCH3 is 1. The molecule has 19 heavy (non-hydrogen) atoms. The van der Waals surface area contributed by atoms with Gasteiger partial charge >= 0.3 is 5.97 Å². The smallest absolute Gasteiger partial charge is 0.333 e. The number of aliphatic hydroxyl groups excluding tert-OH is 1. The van der Waals surface area contributed by atoms with E-state index in [4.69, 9.17) is 15.2 Å². The summed E-state index contributed by atoms with van der Waals surface area (Å²) < 4.78 is 14.9. The van der Waals surface area contributed by atoms with Crippen molar-refractivity contribution < 1.29 is 24.1 Å². The van der Waals surface area contributed by atoms with Crippen LogP contribution < -0.4 is 15.2 Å². The van der Waals surface area contributed by atoms with E-state index in [1.54, 1.807) is 12.1 Å². The van der Waals surface area contributed by atoms with E-state index >= 15 is 0 Å². The molecule has 6 heteroatoms. The maximum absolute atomic E-state index is 11.2. The molecular weight excluding hydrogens is 250 g/mol. The molecule has 0 fully saturated rings. The second kappa shape index (κ2) is 5.19. The Hall–Kier alpha value is -2.21. The molecular formula is C13H15NO5. The lowest BCUT2D eigenvalue weighted by atomic mass is 10.0. The van der Waals surface area contributed by atoms with Gasteiger partial charge in [-0.2, -0.15) is 0 Å². The zero-order chi connectivity index (χ0) is 14.0. The van der Waals surface area contributed by atoms with Gasteiger partial charge in [-0.25, -0.2) is 4.79 Å². The molecule has 0 radical (unpaired) electrons. The second-order valence-corrected chi connectivity index (χ2v) is 4.15. The molecule has 1 aromatic rings. The van der Waals surface area contributed by atoms with Crippen molar-refractivity contribution >= 4 is 11.7 Å². The highest BCUT2D eigenvalue weighted by atomic mass is 16.7. The Kier molecular flexibility index (Phi) is 3.62. The summed E-state index contributed by atoms with van der Waals surface area (Å²) in [6.07, 6.45) is -0.919. The Morgan fingerprint density at radius 3 is 2.79 bits per heavy atom. The molecule has 1 aromatic carbocycles. The van der Waals surface area contributed by atoms with Gasteiger partial charge in [0.05, 0.1) is 13.2 Å². The third-order valence-corrected chi connectivity index (χ3v) is 2.85. The quantitative estimate of drug-likeness (QED) is 0.482. The molecule has 0 bridgehead atoms. The summed E-state index contributed by atoms with van der Waals surface area (Å²) >= 11 is 0. The van der Waals surface area contributed by atoms with E-state index in [-0.39, 0.29) is 18.8 Å². The summed E-state index contributed by atoms with van der Waals surface area (Å²) in [6, 6.07) is 3.19. The van der Waals surface area contributed by atoms with Crippen LogP contribution in [0.2, 0.25) is 0 Å². The topological polar surface area (TPSA) is 91.0 Å². The monoisotopic (exact) mass is 265 g/mol. The van der Waals surface area contributed by atoms with Gasteiger partial charge in [-0.1, -0.05) is 6.58 Å². The van der Waals surface area contributed by atoms with Crippen LogP contribution in [0.15, 0.2) is 24.3 Å². The van der Waals surface area contributed by atoms with Crippen LogP contribution >= 0.6 is 0 Å². The largest absolute Gasteiger partial charge is 0.466 e. The highest BCUT2D eigenvalue weighted by Crippen LogP contribution is 2.39. The molecule has 0 spiro atoms. The van der Waals surface area contributed by atoms with Crippen molar-refractivity contribution in [3.63, 3.8) is 0 Å². The maximum Gasteiger partial charge on any atom is 0.333 e. The van der Waals surface area contributed by atoms with E-state index in [2.05, 4.69) is 11.3 Å². The number of anilines is 1. The normalized spacial score (nSPS) is 14.0. The molecule has 0 aromatic heterocycles. The van der Waals surface area contributed by atoms with Crippen molar-refractivity contribution in [1.29, 1.82) is 0 Å². The molecule has 1 atom stereocenters. The molecule has 1 aliphatic rings. The van der Waals surface area contributed by atoms with Crippen molar-refractivity contribution in [2.45, 2.75) is 12.5 Å². The fourth-order valence-corrected chi connectivity index (χ4v) is 1.83. The summed E-state index contributed by atoms with van der Waals surface area (Å²) in [4.78, 5) is 11.2. The van der Waals surface area contributed by atoms with Gasteiger partial charge < -0.3 is 25.1 Å². The maximum atomic E-state index is 11.2. The summed E-state index contributed by atoms with van der Waals surface area (Å²) in [7, 11) is 1.26. The Bertz CT molecular complexity index is 526. The molecule has 2 rings (SSSR count). The van der Waals surface area contributed by atoms with E-state index in [1.165, 1.54) is 7.11 Å². The molecule has 1 aliphatic heterocycles. The standard InChI is InChI=1S/C13H15NO5/c1-7(13(16)17-2)3-10(15)8-4-11-12(5-9(8)14)19-6-18-11/h4-5,10,15H,1,3,6,14H2,2H3. The number of fused-ring (bicyclic) bond motifs is 1. The van der Waals surface area contributed by atoms with Crippen LogP contribution in [-0.4, -0.2) is 25.0 Å². The number of esters is 1. The first-order valence-corrected chi connectivity index (χ1v) is 5.66. The minimum absolute atomic E-state index is 0.0382. The fourth-order valence-electron chi connectivity index (χ4n) is 1.83. The van der Waals surface area contributed by atoms with Gasteiger partial charge in [-0.05, 0) is 6.07 Å². The Labute approximate surface area is 110 Å². The van der Waals surface area contributed by atoms with Gasteiger partial charge in [0.25, 0.3) is 0 Å². The van der Waals surface area contributed by atoms with Gasteiger partial charge in [0, 0.05) is 29.3 Å². The molecule has 6 nitrogen and oxygen atoms in total. The van der Waals surface area contributed by atoms with Gasteiger partial charge in [0.2, 0.25) is 6.79 Å². The number of nitrogens with two attached hydrogens (primary N) is 1. The van der Waals surface area contributed by atoms with Crippen LogP contribution in [0.3, 0.4) is 0 Å². The van der Waals surface area contributed by atoms with Gasteiger partial charge in [0.1, 0.15) is 0 Å². The third kappa shape index (κ3) is 2.63. The average molecular weight is 265 g/mol. The predicted molar refractivity (Wildman–Crippen MR) is 67.7 cm³/mol. The summed E-state index contributed by atoms with van der Waals surface area (Å²) in [5.41, 5.74) is 6.85. The van der Waals surface area contributed by atoms with Crippen LogP contribution in [0.4, 0.5) is 5.69 Å². The lowest BCUT2D eigenvalue weighted by Crippen LogP contribution is -2.09. The van der Waals surface area contributed by atoms with E-state index in [9.17, 15) is 9.90 Å². The van der Waals surface area contributed by atoms with Crippen molar-refractivity contribution in [2.75, 3.05) is 19.6 Å². The molecule has 102 valence electrons. The first-order chi connectivity index (χ1) is 9.02. The van der Waals surface area contributed by atoms with Crippen molar-refractivity contribution in [3.8, 4) is 11.5 Å². The number of ether oxygens (including phenoxy) is 3. The number of benzene rings is 1. The molecule has 0 saturated carbocycles. The molecule has 1 heterocycles. The number of carbonyl (C=O) groups is 1. The van der Waals surface area contributed by atoms with E-state index in [0.717, 1.165) is 0 Å². The SMILES string of the molecule is C=C(CC(O)c1cc2c(cc1N)OCO2)C(=O)OC. The highest BCUT2D eigenvalue weighted by Gasteiger charge is 2.21. The van der Waals surface area contributed by atoms with Crippen LogP contribution in [0.1, 0.15) is 18.1 Å². The fraction of sp³-hybridized carbons (Fsp3) is 0.308. The van der Waals surface area contributed by atoms with E-state index in [0.29, 0.717) is 22.7 Å². The van der Waals surface area contributed by atoms with Crippen LogP contribution in [0.5, 0.6) is 11.5 Å². The van der Waals surface area contributed by atoms with Crippen LogP contribution in [0, 0.1) is 0 Å². The zero-order valence-corrected chi connectivity index (χ0v) is 10.5. The minimum Gasteiger partial charge on any atom is -0.466 e. The third-order valence-electron chi connectivity index (χ3n) is 2.85. The Balaban J connectivity index is 2.17. The average Bonchev–Trinajstić information content (AvgIpc) is 2.83. The minimum atomic E-state index is -0.957. The summed E-state index contributed by atoms with van der Waals surface area (Å²) in [5.74, 6) is 0.505. The second-order valence-electron chi connectivity index (χ2n) is 4.15. The number of hydrogen-bond acceptors (Lipinski definition) is 6. The number of rotatable bonds is 4. The number of aliphatic hydroxyl groups is 1. The first kappa shape index (κ1) is 13.2. The predicted octanol–water partition coefficient (Wildman–Crippen LogP) is 1.15. The number of carbonyl (C=O) groups excluding carboxylic acids is 1. The van der Waals surface area contributed by atoms with Crippen molar-refractivity contribution in [3.05, 3.63) is 29.8 Å². The van der Waals surface area contributed by atoms with Crippen LogP contribution in [0.25, 0.3) is 0 Å². The van der Waals surface area contributed by atoms with Gasteiger partial charge in [0.15, 0.2) is 11.5 Å².